The van der Waals surface area contributed by atoms with Gasteiger partial charge in [0.15, 0.2) is 0 Å². The van der Waals surface area contributed by atoms with E-state index in [2.05, 4.69) is 22.1 Å². The van der Waals surface area contributed by atoms with Crippen LogP contribution in [0.2, 0.25) is 0 Å². The largest absolute Gasteiger partial charge is 0.525 e. The Balaban J connectivity index is 1.60. The van der Waals surface area contributed by atoms with Crippen molar-refractivity contribution in [1.29, 1.82) is 0 Å². The molecule has 0 unspecified atom stereocenters. The second-order valence-electron chi connectivity index (χ2n) is 7.70. The summed E-state index contributed by atoms with van der Waals surface area (Å²) in [5.74, 6) is 0.594. The van der Waals surface area contributed by atoms with Gasteiger partial charge in [0.1, 0.15) is 11.4 Å². The molecular weight excluding hydrogens is 310 g/mol. The van der Waals surface area contributed by atoms with Crippen molar-refractivity contribution in [2.45, 2.75) is 52.4 Å². The first-order valence-electron chi connectivity index (χ1n) is 8.55. The van der Waals surface area contributed by atoms with Crippen molar-refractivity contribution < 1.29 is 13.7 Å². The second kappa shape index (κ2) is 6.24. The average molecular weight is 336 g/mol. The molecule has 3 rings (SSSR count). The Hall–Kier alpha value is -1.25. The van der Waals surface area contributed by atoms with Gasteiger partial charge < -0.3 is 14.2 Å². The summed E-state index contributed by atoms with van der Waals surface area (Å²) in [7, 11) is -0.995. The third-order valence-electron chi connectivity index (χ3n) is 5.25. The maximum atomic E-state index is 14.5. The van der Waals surface area contributed by atoms with E-state index in [1.807, 2.05) is 27.7 Å². The van der Waals surface area contributed by atoms with Crippen molar-refractivity contribution in [3.05, 3.63) is 17.6 Å². The molecule has 0 atom stereocenters. The van der Waals surface area contributed by atoms with Crippen LogP contribution >= 0.6 is 0 Å². The number of likely N-dealkylation sites (tertiary alicyclic amines) is 1. The molecule has 3 heterocycles. The fourth-order valence-corrected chi connectivity index (χ4v) is 2.95. The van der Waals surface area contributed by atoms with Gasteiger partial charge >= 0.3 is 7.12 Å². The van der Waals surface area contributed by atoms with Crippen LogP contribution in [-0.2, 0) is 15.9 Å². The molecule has 0 aromatic carbocycles. The molecule has 0 aliphatic carbocycles. The summed E-state index contributed by atoms with van der Waals surface area (Å²) in [6.45, 7) is 13.8. The molecule has 2 saturated heterocycles. The lowest BCUT2D eigenvalue weighted by Crippen LogP contribution is -2.48. The Labute approximate surface area is 143 Å². The van der Waals surface area contributed by atoms with E-state index in [0.717, 1.165) is 26.2 Å². The van der Waals surface area contributed by atoms with Gasteiger partial charge in [-0.2, -0.15) is 0 Å². The summed E-state index contributed by atoms with van der Waals surface area (Å²) >= 11 is 0. The summed E-state index contributed by atoms with van der Waals surface area (Å²) in [5, 5.41) is 8.10. The van der Waals surface area contributed by atoms with Gasteiger partial charge in [-0.15, -0.1) is 5.10 Å². The van der Waals surface area contributed by atoms with E-state index in [0.29, 0.717) is 11.6 Å². The van der Waals surface area contributed by atoms with E-state index in [1.165, 1.54) is 6.08 Å². The lowest BCUT2D eigenvalue weighted by molar-refractivity contribution is 0.00578. The van der Waals surface area contributed by atoms with Crippen LogP contribution in [0.5, 0.6) is 0 Å². The van der Waals surface area contributed by atoms with Gasteiger partial charge in [-0.05, 0) is 40.3 Å². The highest BCUT2D eigenvalue weighted by atomic mass is 19.1. The van der Waals surface area contributed by atoms with Gasteiger partial charge in [0.2, 0.25) is 0 Å². The average Bonchev–Trinajstić information content (AvgIpc) is 2.96. The maximum Gasteiger partial charge on any atom is 0.525 e. The molecule has 0 N–H and O–H groups in total. The quantitative estimate of drug-likeness (QED) is 0.772. The summed E-state index contributed by atoms with van der Waals surface area (Å²) in [6, 6.07) is 0. The molecule has 0 amide bonds. The van der Waals surface area contributed by atoms with Crippen LogP contribution in [0.25, 0.3) is 6.08 Å². The molecule has 6 nitrogen and oxygen atoms in total. The molecule has 2 fully saturated rings. The monoisotopic (exact) mass is 336 g/mol. The lowest BCUT2D eigenvalue weighted by Gasteiger charge is -2.38. The number of hydrogen-bond donors (Lipinski definition) is 0. The number of rotatable bonds is 5. The molecule has 0 saturated carbocycles. The Morgan fingerprint density at radius 2 is 1.96 bits per heavy atom. The third kappa shape index (κ3) is 3.41. The SMILES string of the molecule is CCN1CC(Cn2cc(C=C(F)B3OC(C)(C)C(C)(C)O3)nn2)C1. The predicted molar refractivity (Wildman–Crippen MR) is 90.8 cm³/mol. The maximum absolute atomic E-state index is 14.5. The van der Waals surface area contributed by atoms with Crippen molar-refractivity contribution in [2.24, 2.45) is 5.92 Å². The van der Waals surface area contributed by atoms with Gasteiger partial charge in [-0.3, -0.25) is 4.68 Å². The molecule has 24 heavy (non-hydrogen) atoms. The second-order valence-corrected chi connectivity index (χ2v) is 7.70. The highest BCUT2D eigenvalue weighted by Gasteiger charge is 2.53. The van der Waals surface area contributed by atoms with Crippen molar-refractivity contribution in [1.82, 2.24) is 19.9 Å². The van der Waals surface area contributed by atoms with E-state index in [4.69, 9.17) is 9.31 Å². The van der Waals surface area contributed by atoms with Gasteiger partial charge in [-0.25, -0.2) is 4.39 Å². The normalized spacial score (nSPS) is 24.4. The topological polar surface area (TPSA) is 52.4 Å². The molecule has 0 bridgehead atoms. The van der Waals surface area contributed by atoms with Crippen molar-refractivity contribution >= 4 is 13.2 Å². The van der Waals surface area contributed by atoms with Gasteiger partial charge in [0, 0.05) is 25.6 Å². The van der Waals surface area contributed by atoms with Crippen LogP contribution in [0.3, 0.4) is 0 Å². The van der Waals surface area contributed by atoms with E-state index < -0.39 is 24.0 Å². The van der Waals surface area contributed by atoms with Crippen molar-refractivity contribution in [2.75, 3.05) is 19.6 Å². The standard InChI is InChI=1S/C16H26BFN4O2/c1-6-21-8-12(9-21)10-22-11-13(19-20-22)7-14(18)17-23-15(2,3)16(4,5)24-17/h7,11-12H,6,8-10H2,1-5H3. The zero-order chi connectivity index (χ0) is 17.5. The Kier molecular flexibility index (Phi) is 4.57. The molecule has 2 aliphatic heterocycles. The molecule has 2 aliphatic rings. The summed E-state index contributed by atoms with van der Waals surface area (Å²) < 4.78 is 27.6. The number of halogens is 1. The first-order valence-corrected chi connectivity index (χ1v) is 8.55. The first kappa shape index (κ1) is 17.6. The fraction of sp³-hybridized carbons (Fsp3) is 0.750. The van der Waals surface area contributed by atoms with Crippen LogP contribution < -0.4 is 0 Å². The summed E-state index contributed by atoms with van der Waals surface area (Å²) in [6.07, 6.45) is 3.10. The molecule has 0 radical (unpaired) electrons. The third-order valence-corrected chi connectivity index (χ3v) is 5.25. The molecule has 132 valence electrons. The molecule has 1 aromatic rings. The Morgan fingerprint density at radius 1 is 1.33 bits per heavy atom. The number of aromatic nitrogens is 3. The Morgan fingerprint density at radius 3 is 2.54 bits per heavy atom. The van der Waals surface area contributed by atoms with E-state index in [1.54, 1.807) is 10.9 Å². The smallest absolute Gasteiger partial charge is 0.398 e. The van der Waals surface area contributed by atoms with Crippen molar-refractivity contribution in [3.8, 4) is 0 Å². The predicted octanol–water partition coefficient (Wildman–Crippen LogP) is 2.17. The van der Waals surface area contributed by atoms with Gasteiger partial charge in [0.25, 0.3) is 0 Å². The van der Waals surface area contributed by atoms with Crippen LogP contribution in [0.15, 0.2) is 11.9 Å². The minimum absolute atomic E-state index is 0.480. The number of hydrogen-bond acceptors (Lipinski definition) is 5. The zero-order valence-corrected chi connectivity index (χ0v) is 15.1. The summed E-state index contributed by atoms with van der Waals surface area (Å²) in [4.78, 5) is 2.38. The lowest BCUT2D eigenvalue weighted by atomic mass is 9.87. The zero-order valence-electron chi connectivity index (χ0n) is 15.1. The van der Waals surface area contributed by atoms with Crippen molar-refractivity contribution in [3.63, 3.8) is 0 Å². The van der Waals surface area contributed by atoms with Crippen LogP contribution in [0, 0.1) is 5.92 Å². The minimum Gasteiger partial charge on any atom is -0.398 e. The van der Waals surface area contributed by atoms with E-state index in [-0.39, 0.29) is 0 Å². The molecule has 1 aromatic heterocycles. The van der Waals surface area contributed by atoms with Gasteiger partial charge in [-0.1, -0.05) is 12.1 Å². The van der Waals surface area contributed by atoms with Crippen LogP contribution in [0.1, 0.15) is 40.3 Å². The first-order chi connectivity index (χ1) is 11.2. The highest BCUT2D eigenvalue weighted by Crippen LogP contribution is 2.38. The van der Waals surface area contributed by atoms with Gasteiger partial charge in [0.05, 0.1) is 17.4 Å². The van der Waals surface area contributed by atoms with E-state index >= 15 is 0 Å². The highest BCUT2D eigenvalue weighted by molar-refractivity contribution is 6.54. The fourth-order valence-electron chi connectivity index (χ4n) is 2.95. The number of nitrogens with zero attached hydrogens (tertiary/aromatic N) is 4. The van der Waals surface area contributed by atoms with Crippen LogP contribution in [0.4, 0.5) is 4.39 Å². The van der Waals surface area contributed by atoms with Crippen LogP contribution in [-0.4, -0.2) is 57.8 Å². The summed E-state index contributed by atoms with van der Waals surface area (Å²) in [5.41, 5.74) is -1.12. The van der Waals surface area contributed by atoms with E-state index in [9.17, 15) is 4.39 Å². The molecule has 8 heteroatoms. The molecular formula is C16H26BFN4O2. The minimum atomic E-state index is -0.995. The molecule has 0 spiro atoms. The Bertz CT molecular complexity index is 609.